The van der Waals surface area contributed by atoms with E-state index in [0.29, 0.717) is 24.2 Å². The summed E-state index contributed by atoms with van der Waals surface area (Å²) in [6.45, 7) is 9.14. The standard InChI is InChI=1S/C27H35FN8O3/c1-16-12-31-36(15-16)19-10-18(13-30-14-19)33-23-20(22(29)37)11-21(28)24(34-23)35-27(8-6-7-9-27)17(2)32-25(38)39-26(3,4)5/h10-15,17H,6-9H2,1-5H3,(H2,29,37)(H,32,38)(H2,33,34,35)/t17-/m0/s1. The third-order valence-electron chi connectivity index (χ3n) is 6.63. The summed E-state index contributed by atoms with van der Waals surface area (Å²) in [5, 5.41) is 13.5. The van der Waals surface area contributed by atoms with Gasteiger partial charge in [0.25, 0.3) is 5.91 Å². The fraction of sp³-hybridized carbons (Fsp3) is 0.444. The molecule has 0 radical (unpaired) electrons. The molecule has 3 heterocycles. The SMILES string of the molecule is Cc1cnn(-c2cncc(Nc3nc(NC4([C@H](C)NC(=O)OC(C)(C)C)CCCC4)c(F)cc3C(N)=O)c2)c1. The van der Waals surface area contributed by atoms with Gasteiger partial charge in [-0.15, -0.1) is 0 Å². The van der Waals surface area contributed by atoms with Crippen molar-refractivity contribution in [1.29, 1.82) is 0 Å². The Morgan fingerprint density at radius 3 is 2.49 bits per heavy atom. The molecule has 0 saturated heterocycles. The Bertz CT molecular complexity index is 1360. The van der Waals surface area contributed by atoms with Gasteiger partial charge in [0.15, 0.2) is 11.6 Å². The van der Waals surface area contributed by atoms with Crippen LogP contribution < -0.4 is 21.7 Å². The number of nitrogens with one attached hydrogen (secondary N) is 3. The average molecular weight is 539 g/mol. The zero-order valence-corrected chi connectivity index (χ0v) is 22.8. The monoisotopic (exact) mass is 538 g/mol. The molecular weight excluding hydrogens is 503 g/mol. The number of anilines is 3. The lowest BCUT2D eigenvalue weighted by Gasteiger charge is -2.37. The number of carbonyl (C=O) groups excluding carboxylic acids is 2. The van der Waals surface area contributed by atoms with Gasteiger partial charge in [0, 0.05) is 6.20 Å². The van der Waals surface area contributed by atoms with Crippen LogP contribution in [-0.4, -0.2) is 48.9 Å². The van der Waals surface area contributed by atoms with Crippen molar-refractivity contribution in [2.24, 2.45) is 5.73 Å². The van der Waals surface area contributed by atoms with Crippen molar-refractivity contribution in [2.45, 2.75) is 77.5 Å². The highest BCUT2D eigenvalue weighted by Crippen LogP contribution is 2.37. The molecule has 5 N–H and O–H groups in total. The van der Waals surface area contributed by atoms with E-state index in [1.807, 2.05) is 20.0 Å². The molecule has 3 aromatic heterocycles. The van der Waals surface area contributed by atoms with Gasteiger partial charge in [0.1, 0.15) is 11.4 Å². The minimum Gasteiger partial charge on any atom is -0.444 e. The lowest BCUT2D eigenvalue weighted by atomic mass is 9.89. The van der Waals surface area contributed by atoms with Gasteiger partial charge in [-0.05, 0) is 65.2 Å². The number of amides is 2. The van der Waals surface area contributed by atoms with Crippen molar-refractivity contribution in [3.05, 3.63) is 53.9 Å². The molecular formula is C27H35FN8O3. The molecule has 1 saturated carbocycles. The highest BCUT2D eigenvalue weighted by molar-refractivity contribution is 5.98. The summed E-state index contributed by atoms with van der Waals surface area (Å²) in [6.07, 6.45) is 9.36. The third kappa shape index (κ3) is 6.62. The Balaban J connectivity index is 1.63. The highest BCUT2D eigenvalue weighted by atomic mass is 19.1. The zero-order chi connectivity index (χ0) is 28.4. The van der Waals surface area contributed by atoms with E-state index in [1.165, 1.54) is 0 Å². The fourth-order valence-electron chi connectivity index (χ4n) is 4.70. The van der Waals surface area contributed by atoms with Crippen molar-refractivity contribution in [3.63, 3.8) is 0 Å². The van der Waals surface area contributed by atoms with Gasteiger partial charge in [0.2, 0.25) is 0 Å². The minimum absolute atomic E-state index is 0.0611. The summed E-state index contributed by atoms with van der Waals surface area (Å²) in [5.41, 5.74) is 6.29. The number of halogens is 1. The van der Waals surface area contributed by atoms with E-state index < -0.39 is 35.0 Å². The Kier molecular flexibility index (Phi) is 7.75. The Labute approximate surface area is 226 Å². The van der Waals surface area contributed by atoms with Gasteiger partial charge in [-0.1, -0.05) is 12.8 Å². The maximum Gasteiger partial charge on any atom is 0.407 e. The van der Waals surface area contributed by atoms with Crippen LogP contribution in [0.3, 0.4) is 0 Å². The number of nitrogens with zero attached hydrogens (tertiary/aromatic N) is 4. The summed E-state index contributed by atoms with van der Waals surface area (Å²) >= 11 is 0. The van der Waals surface area contributed by atoms with Crippen molar-refractivity contribution >= 4 is 29.3 Å². The highest BCUT2D eigenvalue weighted by Gasteiger charge is 2.41. The normalized spacial score (nSPS) is 15.4. The van der Waals surface area contributed by atoms with Gasteiger partial charge < -0.3 is 26.4 Å². The van der Waals surface area contributed by atoms with E-state index in [0.717, 1.165) is 24.5 Å². The minimum atomic E-state index is -0.835. The maximum absolute atomic E-state index is 15.3. The summed E-state index contributed by atoms with van der Waals surface area (Å²) in [7, 11) is 0. The molecule has 1 fully saturated rings. The van der Waals surface area contributed by atoms with E-state index in [4.69, 9.17) is 10.5 Å². The molecule has 0 bridgehead atoms. The number of rotatable bonds is 8. The number of alkyl carbamates (subject to hydrolysis) is 1. The Hall–Kier alpha value is -4.22. The molecule has 1 aliphatic carbocycles. The number of primary amides is 1. The number of aryl methyl sites for hydroxylation is 1. The molecule has 208 valence electrons. The number of ether oxygens (including phenoxy) is 1. The lowest BCUT2D eigenvalue weighted by molar-refractivity contribution is 0.0488. The first-order chi connectivity index (χ1) is 18.3. The van der Waals surface area contributed by atoms with Gasteiger partial charge in [-0.2, -0.15) is 5.10 Å². The fourth-order valence-corrected chi connectivity index (χ4v) is 4.70. The molecule has 0 spiro atoms. The van der Waals surface area contributed by atoms with Crippen molar-refractivity contribution in [3.8, 4) is 5.69 Å². The van der Waals surface area contributed by atoms with Gasteiger partial charge in [-0.25, -0.2) is 18.9 Å². The Morgan fingerprint density at radius 2 is 1.87 bits per heavy atom. The maximum atomic E-state index is 15.3. The first kappa shape index (κ1) is 27.8. The second-order valence-corrected chi connectivity index (χ2v) is 11.0. The van der Waals surface area contributed by atoms with Gasteiger partial charge in [-0.3, -0.25) is 9.78 Å². The predicted octanol–water partition coefficient (Wildman–Crippen LogP) is 4.59. The number of pyridine rings is 2. The van der Waals surface area contributed by atoms with Crippen LogP contribution in [0.25, 0.3) is 5.69 Å². The van der Waals surface area contributed by atoms with E-state index in [-0.39, 0.29) is 17.2 Å². The molecule has 0 aliphatic heterocycles. The molecule has 12 heteroatoms. The van der Waals surface area contributed by atoms with E-state index in [9.17, 15) is 9.59 Å². The second kappa shape index (κ2) is 10.9. The van der Waals surface area contributed by atoms with Crippen LogP contribution in [0.5, 0.6) is 0 Å². The van der Waals surface area contributed by atoms with E-state index in [2.05, 4.69) is 31.0 Å². The lowest BCUT2D eigenvalue weighted by Crippen LogP contribution is -2.55. The Morgan fingerprint density at radius 1 is 1.15 bits per heavy atom. The summed E-state index contributed by atoms with van der Waals surface area (Å²) in [6, 6.07) is 2.43. The van der Waals surface area contributed by atoms with Crippen molar-refractivity contribution in [1.82, 2.24) is 25.1 Å². The number of aromatic nitrogens is 4. The summed E-state index contributed by atoms with van der Waals surface area (Å²) < 4.78 is 22.4. The van der Waals surface area contributed by atoms with Crippen molar-refractivity contribution in [2.75, 3.05) is 10.6 Å². The van der Waals surface area contributed by atoms with E-state index in [1.54, 1.807) is 50.1 Å². The summed E-state index contributed by atoms with van der Waals surface area (Å²) in [4.78, 5) is 33.3. The van der Waals surface area contributed by atoms with E-state index >= 15 is 4.39 Å². The first-order valence-corrected chi connectivity index (χ1v) is 12.9. The van der Waals surface area contributed by atoms with Crippen LogP contribution in [0.2, 0.25) is 0 Å². The average Bonchev–Trinajstić information content (AvgIpc) is 3.50. The quantitative estimate of drug-likeness (QED) is 0.325. The third-order valence-corrected chi connectivity index (χ3v) is 6.63. The zero-order valence-electron chi connectivity index (χ0n) is 22.8. The predicted molar refractivity (Wildman–Crippen MR) is 146 cm³/mol. The smallest absolute Gasteiger partial charge is 0.407 e. The number of nitrogens with two attached hydrogens (primary N) is 1. The van der Waals surface area contributed by atoms with Gasteiger partial charge >= 0.3 is 6.09 Å². The molecule has 2 amide bonds. The molecule has 1 aliphatic rings. The number of hydrogen-bond donors (Lipinski definition) is 4. The molecule has 3 aromatic rings. The van der Waals surface area contributed by atoms with Crippen molar-refractivity contribution < 1.29 is 18.7 Å². The summed E-state index contributed by atoms with van der Waals surface area (Å²) in [5.74, 6) is -1.56. The largest absolute Gasteiger partial charge is 0.444 e. The van der Waals surface area contributed by atoms with Crippen LogP contribution in [0.1, 0.15) is 69.3 Å². The number of carbonyl (C=O) groups is 2. The molecule has 11 nitrogen and oxygen atoms in total. The van der Waals surface area contributed by atoms with Crippen LogP contribution >= 0.6 is 0 Å². The van der Waals surface area contributed by atoms with Crippen LogP contribution in [0.4, 0.5) is 26.5 Å². The molecule has 0 unspecified atom stereocenters. The second-order valence-electron chi connectivity index (χ2n) is 11.0. The first-order valence-electron chi connectivity index (χ1n) is 12.9. The number of hydrogen-bond acceptors (Lipinski definition) is 8. The van der Waals surface area contributed by atoms with Crippen LogP contribution in [0, 0.1) is 12.7 Å². The topological polar surface area (TPSA) is 149 Å². The van der Waals surface area contributed by atoms with Crippen LogP contribution in [0.15, 0.2) is 36.9 Å². The molecule has 0 aromatic carbocycles. The van der Waals surface area contributed by atoms with Gasteiger partial charge in [0.05, 0.1) is 47.1 Å². The van der Waals surface area contributed by atoms with Crippen LogP contribution in [-0.2, 0) is 4.74 Å². The molecule has 39 heavy (non-hydrogen) atoms. The molecule has 1 atom stereocenters. The molecule has 4 rings (SSSR count).